The van der Waals surface area contributed by atoms with Crippen molar-refractivity contribution in [3.63, 3.8) is 0 Å². The SMILES string of the molecule is Cc1ccc([C@H](C(=O)NC2CCCCC2)N(C(=O)c2csnn2)C2CCCC2)o1. The first-order chi connectivity index (χ1) is 14.1. The van der Waals surface area contributed by atoms with Gasteiger partial charge in [-0.15, -0.1) is 5.10 Å². The van der Waals surface area contributed by atoms with Gasteiger partial charge in [-0.2, -0.15) is 0 Å². The summed E-state index contributed by atoms with van der Waals surface area (Å²) in [7, 11) is 0. The molecule has 2 aliphatic rings. The van der Waals surface area contributed by atoms with Gasteiger partial charge in [-0.1, -0.05) is 36.6 Å². The van der Waals surface area contributed by atoms with Gasteiger partial charge in [0, 0.05) is 17.5 Å². The third-order valence-electron chi connectivity index (χ3n) is 6.04. The molecule has 2 aromatic rings. The molecule has 1 atom stereocenters. The monoisotopic (exact) mass is 416 g/mol. The Morgan fingerprint density at radius 2 is 1.86 bits per heavy atom. The summed E-state index contributed by atoms with van der Waals surface area (Å²) in [5.74, 6) is 0.835. The molecule has 29 heavy (non-hydrogen) atoms. The first-order valence-electron chi connectivity index (χ1n) is 10.6. The van der Waals surface area contributed by atoms with Crippen LogP contribution in [-0.2, 0) is 4.79 Å². The highest BCUT2D eigenvalue weighted by atomic mass is 32.1. The van der Waals surface area contributed by atoms with Gasteiger partial charge in [-0.25, -0.2) is 0 Å². The van der Waals surface area contributed by atoms with E-state index in [2.05, 4.69) is 14.9 Å². The van der Waals surface area contributed by atoms with E-state index in [0.717, 1.165) is 68.7 Å². The molecule has 7 nitrogen and oxygen atoms in total. The van der Waals surface area contributed by atoms with Gasteiger partial charge < -0.3 is 14.6 Å². The number of carbonyl (C=O) groups is 2. The third kappa shape index (κ3) is 4.52. The summed E-state index contributed by atoms with van der Waals surface area (Å²) in [6.07, 6.45) is 9.33. The van der Waals surface area contributed by atoms with Crippen LogP contribution in [0.15, 0.2) is 21.9 Å². The van der Waals surface area contributed by atoms with Crippen molar-refractivity contribution in [3.8, 4) is 0 Å². The second-order valence-electron chi connectivity index (χ2n) is 8.14. The third-order valence-corrected chi connectivity index (χ3v) is 6.55. The lowest BCUT2D eigenvalue weighted by molar-refractivity contribution is -0.128. The molecule has 2 heterocycles. The molecule has 8 heteroatoms. The molecule has 2 aromatic heterocycles. The van der Waals surface area contributed by atoms with Crippen LogP contribution in [0.1, 0.15) is 85.8 Å². The van der Waals surface area contributed by atoms with Crippen LogP contribution in [0.4, 0.5) is 0 Å². The Bertz CT molecular complexity index is 823. The Hall–Kier alpha value is -2.22. The number of nitrogens with zero attached hydrogens (tertiary/aromatic N) is 3. The number of hydrogen-bond donors (Lipinski definition) is 1. The van der Waals surface area contributed by atoms with E-state index in [-0.39, 0.29) is 23.9 Å². The number of hydrogen-bond acceptors (Lipinski definition) is 6. The van der Waals surface area contributed by atoms with Crippen molar-refractivity contribution < 1.29 is 14.0 Å². The normalized spacial score (nSPS) is 19.2. The van der Waals surface area contributed by atoms with Crippen LogP contribution in [0.2, 0.25) is 0 Å². The van der Waals surface area contributed by atoms with E-state index in [9.17, 15) is 9.59 Å². The molecule has 1 N–H and O–H groups in total. The van der Waals surface area contributed by atoms with E-state index in [1.807, 2.05) is 19.1 Å². The van der Waals surface area contributed by atoms with Crippen LogP contribution in [0, 0.1) is 6.92 Å². The van der Waals surface area contributed by atoms with Gasteiger partial charge in [0.05, 0.1) is 0 Å². The maximum absolute atomic E-state index is 13.5. The predicted octanol–water partition coefficient (Wildman–Crippen LogP) is 4.01. The molecular weight excluding hydrogens is 388 g/mol. The second-order valence-corrected chi connectivity index (χ2v) is 8.75. The summed E-state index contributed by atoms with van der Waals surface area (Å²) >= 11 is 1.14. The lowest BCUT2D eigenvalue weighted by atomic mass is 9.95. The standard InChI is InChI=1S/C21H28N4O3S/c1-14-11-12-18(28-14)19(20(26)22-15-7-3-2-4-8-15)25(16-9-5-6-10-16)21(27)17-13-29-24-23-17/h11-13,15-16,19H,2-10H2,1H3,(H,22,26)/t19-/m1/s1. The van der Waals surface area contributed by atoms with Crippen molar-refractivity contribution in [2.45, 2.75) is 82.8 Å². The fraction of sp³-hybridized carbons (Fsp3) is 0.619. The molecular formula is C21H28N4O3S. The molecule has 0 aromatic carbocycles. The average molecular weight is 417 g/mol. The van der Waals surface area contributed by atoms with Gasteiger partial charge in [0.25, 0.3) is 11.8 Å². The molecule has 0 unspecified atom stereocenters. The van der Waals surface area contributed by atoms with Crippen LogP contribution >= 0.6 is 11.5 Å². The first kappa shape index (κ1) is 20.1. The quantitative estimate of drug-likeness (QED) is 0.768. The fourth-order valence-corrected chi connectivity index (χ4v) is 5.02. The number of rotatable bonds is 6. The van der Waals surface area contributed by atoms with Crippen LogP contribution in [-0.4, -0.2) is 38.4 Å². The summed E-state index contributed by atoms with van der Waals surface area (Å²) in [6, 6.07) is 3.03. The lowest BCUT2D eigenvalue weighted by Crippen LogP contribution is -2.50. The summed E-state index contributed by atoms with van der Waals surface area (Å²) < 4.78 is 9.72. The molecule has 0 radical (unpaired) electrons. The second kappa shape index (κ2) is 9.07. The van der Waals surface area contributed by atoms with Gasteiger partial charge in [0.15, 0.2) is 11.7 Å². The Morgan fingerprint density at radius 3 is 2.48 bits per heavy atom. The van der Waals surface area contributed by atoms with E-state index in [1.165, 1.54) is 6.42 Å². The zero-order chi connectivity index (χ0) is 20.2. The molecule has 0 spiro atoms. The molecule has 0 aliphatic heterocycles. The van der Waals surface area contributed by atoms with E-state index >= 15 is 0 Å². The maximum atomic E-state index is 13.5. The van der Waals surface area contributed by atoms with Crippen molar-refractivity contribution in [1.82, 2.24) is 19.8 Å². The van der Waals surface area contributed by atoms with E-state index in [0.29, 0.717) is 11.5 Å². The van der Waals surface area contributed by atoms with Gasteiger partial charge >= 0.3 is 0 Å². The minimum absolute atomic E-state index is 0.00304. The summed E-state index contributed by atoms with van der Waals surface area (Å²) in [5, 5.41) is 8.83. The summed E-state index contributed by atoms with van der Waals surface area (Å²) in [6.45, 7) is 1.85. The summed E-state index contributed by atoms with van der Waals surface area (Å²) in [4.78, 5) is 28.6. The van der Waals surface area contributed by atoms with Crippen molar-refractivity contribution in [3.05, 3.63) is 34.7 Å². The van der Waals surface area contributed by atoms with Crippen LogP contribution < -0.4 is 5.32 Å². The molecule has 0 saturated heterocycles. The predicted molar refractivity (Wildman–Crippen MR) is 110 cm³/mol. The number of furan rings is 1. The Labute approximate surface area is 175 Å². The fourth-order valence-electron chi connectivity index (χ4n) is 4.59. The number of amides is 2. The Kier molecular flexibility index (Phi) is 6.28. The van der Waals surface area contributed by atoms with E-state index in [4.69, 9.17) is 4.42 Å². The topological polar surface area (TPSA) is 88.3 Å². The smallest absolute Gasteiger partial charge is 0.276 e. The minimum atomic E-state index is -0.789. The minimum Gasteiger partial charge on any atom is -0.464 e. The zero-order valence-electron chi connectivity index (χ0n) is 16.8. The largest absolute Gasteiger partial charge is 0.464 e. The molecule has 2 saturated carbocycles. The van der Waals surface area contributed by atoms with Crippen molar-refractivity contribution in [2.75, 3.05) is 0 Å². The van der Waals surface area contributed by atoms with Crippen LogP contribution in [0.5, 0.6) is 0 Å². The maximum Gasteiger partial charge on any atom is 0.276 e. The molecule has 0 bridgehead atoms. The molecule has 156 valence electrons. The van der Waals surface area contributed by atoms with E-state index in [1.54, 1.807) is 10.3 Å². The molecule has 2 fully saturated rings. The van der Waals surface area contributed by atoms with Crippen LogP contribution in [0.3, 0.4) is 0 Å². The number of nitrogens with one attached hydrogen (secondary N) is 1. The van der Waals surface area contributed by atoms with Gasteiger partial charge in [0.2, 0.25) is 0 Å². The average Bonchev–Trinajstić information content (AvgIpc) is 3.48. The van der Waals surface area contributed by atoms with Gasteiger partial charge in [-0.05, 0) is 56.3 Å². The van der Waals surface area contributed by atoms with Crippen LogP contribution in [0.25, 0.3) is 0 Å². The number of aromatic nitrogens is 2. The van der Waals surface area contributed by atoms with Crippen molar-refractivity contribution >= 4 is 23.3 Å². The zero-order valence-corrected chi connectivity index (χ0v) is 17.6. The molecule has 4 rings (SSSR count). The highest BCUT2D eigenvalue weighted by Gasteiger charge is 2.41. The van der Waals surface area contributed by atoms with Crippen molar-refractivity contribution in [2.24, 2.45) is 0 Å². The Balaban J connectivity index is 1.67. The van der Waals surface area contributed by atoms with Gasteiger partial charge in [0.1, 0.15) is 11.5 Å². The highest BCUT2D eigenvalue weighted by molar-refractivity contribution is 7.03. The number of aryl methyl sites for hydroxylation is 1. The highest BCUT2D eigenvalue weighted by Crippen LogP contribution is 2.34. The number of carbonyl (C=O) groups excluding carboxylic acids is 2. The van der Waals surface area contributed by atoms with E-state index < -0.39 is 6.04 Å². The van der Waals surface area contributed by atoms with Crippen molar-refractivity contribution in [1.29, 1.82) is 0 Å². The van der Waals surface area contributed by atoms with Gasteiger partial charge in [-0.3, -0.25) is 9.59 Å². The summed E-state index contributed by atoms with van der Waals surface area (Å²) in [5.41, 5.74) is 0.292. The molecule has 2 aliphatic carbocycles. The Morgan fingerprint density at radius 1 is 1.14 bits per heavy atom. The lowest BCUT2D eigenvalue weighted by Gasteiger charge is -2.35. The first-order valence-corrected chi connectivity index (χ1v) is 11.4. The molecule has 2 amide bonds.